The van der Waals surface area contributed by atoms with Crippen LogP contribution in [0.4, 0.5) is 5.69 Å². The van der Waals surface area contributed by atoms with Gasteiger partial charge in [-0.25, -0.2) is 0 Å². The van der Waals surface area contributed by atoms with E-state index in [9.17, 15) is 4.79 Å². The van der Waals surface area contributed by atoms with E-state index >= 15 is 0 Å². The Morgan fingerprint density at radius 1 is 1.19 bits per heavy atom. The summed E-state index contributed by atoms with van der Waals surface area (Å²) >= 11 is 4.01. The lowest BCUT2D eigenvalue weighted by Gasteiger charge is -2.18. The van der Waals surface area contributed by atoms with Gasteiger partial charge in [0.2, 0.25) is 5.91 Å². The Morgan fingerprint density at radius 3 is 2.62 bits per heavy atom. The van der Waals surface area contributed by atoms with Gasteiger partial charge in [0.1, 0.15) is 0 Å². The van der Waals surface area contributed by atoms with E-state index in [4.69, 9.17) is 0 Å². The highest BCUT2D eigenvalue weighted by atomic mass is 32.1. The van der Waals surface area contributed by atoms with Crippen LogP contribution in [0.15, 0.2) is 42.5 Å². The molecule has 0 unspecified atom stereocenters. The molecule has 0 aromatic heterocycles. The number of carbonyl (C=O) groups excluding carboxylic acids is 1. The molecule has 3 heteroatoms. The van der Waals surface area contributed by atoms with E-state index in [0.29, 0.717) is 0 Å². The molecule has 0 bridgehead atoms. The van der Waals surface area contributed by atoms with E-state index in [1.807, 2.05) is 42.5 Å². The molecule has 0 atom stereocenters. The fraction of sp³-hybridized carbons (Fsp3) is 0.154. The number of fused-ring (bicyclic) bond motifs is 1. The highest BCUT2D eigenvalue weighted by molar-refractivity contribution is 7.81. The van der Waals surface area contributed by atoms with Gasteiger partial charge in [0.15, 0.2) is 0 Å². The Morgan fingerprint density at radius 2 is 1.88 bits per heavy atom. The first-order chi connectivity index (χ1) is 7.74. The minimum absolute atomic E-state index is 0.000290. The summed E-state index contributed by atoms with van der Waals surface area (Å²) in [6, 6.07) is 14.0. The lowest BCUT2D eigenvalue weighted by Crippen LogP contribution is -2.27. The van der Waals surface area contributed by atoms with Crippen LogP contribution in [0.1, 0.15) is 0 Å². The van der Waals surface area contributed by atoms with Crippen LogP contribution in [0.2, 0.25) is 0 Å². The molecule has 0 saturated heterocycles. The molecule has 0 N–H and O–H groups in total. The van der Waals surface area contributed by atoms with Gasteiger partial charge in [0.25, 0.3) is 0 Å². The number of amides is 1. The molecule has 2 aromatic rings. The second-order valence-electron chi connectivity index (χ2n) is 3.61. The highest BCUT2D eigenvalue weighted by Crippen LogP contribution is 2.25. The van der Waals surface area contributed by atoms with E-state index in [-0.39, 0.29) is 11.7 Å². The largest absolute Gasteiger partial charge is 0.314 e. The zero-order valence-corrected chi connectivity index (χ0v) is 9.95. The lowest BCUT2D eigenvalue weighted by molar-refractivity contribution is -0.115. The summed E-state index contributed by atoms with van der Waals surface area (Å²) in [4.78, 5) is 13.3. The monoisotopic (exact) mass is 231 g/mol. The summed E-state index contributed by atoms with van der Waals surface area (Å²) in [5.41, 5.74) is 0.928. The van der Waals surface area contributed by atoms with Gasteiger partial charge in [-0.05, 0) is 11.5 Å². The van der Waals surface area contributed by atoms with Crippen molar-refractivity contribution in [2.45, 2.75) is 0 Å². The second-order valence-corrected chi connectivity index (χ2v) is 3.93. The van der Waals surface area contributed by atoms with Crippen molar-refractivity contribution in [3.63, 3.8) is 0 Å². The van der Waals surface area contributed by atoms with Gasteiger partial charge in [0, 0.05) is 12.4 Å². The lowest BCUT2D eigenvalue weighted by atomic mass is 10.1. The maximum atomic E-state index is 11.6. The number of hydrogen-bond donors (Lipinski definition) is 1. The Hall–Kier alpha value is -1.48. The van der Waals surface area contributed by atoms with Crippen molar-refractivity contribution in [3.8, 4) is 0 Å². The molecule has 0 aliphatic heterocycles. The first-order valence-corrected chi connectivity index (χ1v) is 5.72. The fourth-order valence-electron chi connectivity index (χ4n) is 1.74. The minimum Gasteiger partial charge on any atom is -0.314 e. The van der Waals surface area contributed by atoms with E-state index in [0.717, 1.165) is 16.5 Å². The van der Waals surface area contributed by atoms with Crippen molar-refractivity contribution in [2.75, 3.05) is 17.7 Å². The predicted octanol–water partition coefficient (Wildman–Crippen LogP) is 2.73. The Bertz CT molecular complexity index is 519. The van der Waals surface area contributed by atoms with Crippen LogP contribution in [0.3, 0.4) is 0 Å². The maximum absolute atomic E-state index is 11.6. The van der Waals surface area contributed by atoms with Crippen molar-refractivity contribution in [1.29, 1.82) is 0 Å². The summed E-state index contributed by atoms with van der Waals surface area (Å²) in [6.07, 6.45) is 0. The molecule has 0 aliphatic rings. The normalized spacial score (nSPS) is 10.4. The average molecular weight is 231 g/mol. The zero-order valence-electron chi connectivity index (χ0n) is 9.05. The first kappa shape index (κ1) is 11.0. The molecule has 2 rings (SSSR count). The number of thiol groups is 1. The molecule has 2 aromatic carbocycles. The molecule has 0 radical (unpaired) electrons. The summed E-state index contributed by atoms with van der Waals surface area (Å²) in [5, 5.41) is 2.22. The van der Waals surface area contributed by atoms with Gasteiger partial charge in [-0.3, -0.25) is 4.79 Å². The zero-order chi connectivity index (χ0) is 11.5. The molecule has 16 heavy (non-hydrogen) atoms. The molecule has 0 fully saturated rings. The van der Waals surface area contributed by atoms with Gasteiger partial charge in [-0.15, -0.1) is 0 Å². The highest BCUT2D eigenvalue weighted by Gasteiger charge is 2.11. The van der Waals surface area contributed by atoms with Crippen LogP contribution >= 0.6 is 12.6 Å². The summed E-state index contributed by atoms with van der Waals surface area (Å²) in [5.74, 6) is 0.222. The van der Waals surface area contributed by atoms with Crippen molar-refractivity contribution in [1.82, 2.24) is 0 Å². The second kappa shape index (κ2) is 4.58. The molecular formula is C13H13NOS. The number of carbonyl (C=O) groups is 1. The van der Waals surface area contributed by atoms with Crippen LogP contribution in [0.25, 0.3) is 10.8 Å². The van der Waals surface area contributed by atoms with Crippen molar-refractivity contribution >= 4 is 35.0 Å². The maximum Gasteiger partial charge on any atom is 0.236 e. The molecule has 0 spiro atoms. The number of anilines is 1. The Kier molecular flexibility index (Phi) is 3.15. The third-order valence-electron chi connectivity index (χ3n) is 2.64. The summed E-state index contributed by atoms with van der Waals surface area (Å²) < 4.78 is 0. The number of rotatable bonds is 2. The smallest absolute Gasteiger partial charge is 0.236 e. The van der Waals surface area contributed by atoms with Crippen molar-refractivity contribution in [3.05, 3.63) is 42.5 Å². The van der Waals surface area contributed by atoms with E-state index in [2.05, 4.69) is 12.6 Å². The molecular weight excluding hydrogens is 218 g/mol. The van der Waals surface area contributed by atoms with Gasteiger partial charge in [-0.1, -0.05) is 36.4 Å². The number of nitrogens with zero attached hydrogens (tertiary/aromatic N) is 1. The van der Waals surface area contributed by atoms with Crippen molar-refractivity contribution < 1.29 is 4.79 Å². The number of hydrogen-bond acceptors (Lipinski definition) is 2. The first-order valence-electron chi connectivity index (χ1n) is 5.09. The average Bonchev–Trinajstić information content (AvgIpc) is 2.36. The molecule has 0 saturated carbocycles. The van der Waals surface area contributed by atoms with E-state index in [1.54, 1.807) is 11.9 Å². The van der Waals surface area contributed by atoms with Gasteiger partial charge in [-0.2, -0.15) is 12.6 Å². The van der Waals surface area contributed by atoms with Crippen molar-refractivity contribution in [2.24, 2.45) is 0 Å². The quantitative estimate of drug-likeness (QED) is 0.788. The van der Waals surface area contributed by atoms with Gasteiger partial charge >= 0.3 is 0 Å². The third-order valence-corrected chi connectivity index (χ3v) is 2.91. The van der Waals surface area contributed by atoms with Gasteiger partial charge < -0.3 is 4.90 Å². The molecule has 2 nitrogen and oxygen atoms in total. The number of benzene rings is 2. The van der Waals surface area contributed by atoms with Crippen LogP contribution in [-0.2, 0) is 4.79 Å². The SMILES string of the molecule is CN(C(=O)CS)c1cccc2ccccc12. The Balaban J connectivity index is 2.56. The summed E-state index contributed by atoms with van der Waals surface area (Å²) in [7, 11) is 1.78. The summed E-state index contributed by atoms with van der Waals surface area (Å²) in [6.45, 7) is 0. The minimum atomic E-state index is -0.000290. The molecule has 0 heterocycles. The van der Waals surface area contributed by atoms with Gasteiger partial charge in [0.05, 0.1) is 11.4 Å². The van der Waals surface area contributed by atoms with Crippen LogP contribution in [0, 0.1) is 0 Å². The third kappa shape index (κ3) is 1.91. The standard InChI is InChI=1S/C13H13NOS/c1-14(13(15)9-16)12-8-4-6-10-5-2-3-7-11(10)12/h2-8,16H,9H2,1H3. The predicted molar refractivity (Wildman–Crippen MR) is 71.2 cm³/mol. The van der Waals surface area contributed by atoms with E-state index < -0.39 is 0 Å². The van der Waals surface area contributed by atoms with Crippen LogP contribution in [0.5, 0.6) is 0 Å². The van der Waals surface area contributed by atoms with Crippen LogP contribution < -0.4 is 4.90 Å². The van der Waals surface area contributed by atoms with E-state index in [1.165, 1.54) is 0 Å². The molecule has 82 valence electrons. The topological polar surface area (TPSA) is 20.3 Å². The molecule has 0 aliphatic carbocycles. The fourth-order valence-corrected chi connectivity index (χ4v) is 1.95. The Labute approximate surface area is 100 Å². The van der Waals surface area contributed by atoms with Crippen LogP contribution in [-0.4, -0.2) is 18.7 Å². The molecule has 1 amide bonds.